The predicted octanol–water partition coefficient (Wildman–Crippen LogP) is -1.85. The summed E-state index contributed by atoms with van der Waals surface area (Å²) in [4.78, 5) is 47.5. The van der Waals surface area contributed by atoms with E-state index in [-0.39, 0.29) is 24.4 Å². The van der Waals surface area contributed by atoms with E-state index in [1.165, 1.54) is 4.90 Å². The van der Waals surface area contributed by atoms with E-state index in [1.807, 2.05) is 27.0 Å². The molecule has 4 aliphatic heterocycles. The summed E-state index contributed by atoms with van der Waals surface area (Å²) >= 11 is 0. The van der Waals surface area contributed by atoms with Crippen molar-refractivity contribution in [1.29, 1.82) is 0 Å². The van der Waals surface area contributed by atoms with Crippen LogP contribution in [0.15, 0.2) is 6.20 Å². The first-order valence-corrected chi connectivity index (χ1v) is 15.2. The van der Waals surface area contributed by atoms with Gasteiger partial charge in [-0.2, -0.15) is 0 Å². The smallest absolute Gasteiger partial charge is 0.255 e. The van der Waals surface area contributed by atoms with Gasteiger partial charge in [0.2, 0.25) is 11.8 Å². The largest absolute Gasteiger partial charge is 0.388 e. The molecular weight excluding hydrogens is 546 g/mol. The number of ether oxygens (including phenoxy) is 1. The Kier molecular flexibility index (Phi) is 7.79. The van der Waals surface area contributed by atoms with Crippen LogP contribution in [0.25, 0.3) is 0 Å². The molecule has 14 heteroatoms. The number of aromatic nitrogens is 3. The van der Waals surface area contributed by atoms with Gasteiger partial charge < -0.3 is 35.2 Å². The Balaban J connectivity index is 1.37. The lowest BCUT2D eigenvalue weighted by Crippen LogP contribution is -2.69. The first-order chi connectivity index (χ1) is 20.0. The number of aliphatic hydroxyl groups is 3. The fourth-order valence-corrected chi connectivity index (χ4v) is 7.26. The first kappa shape index (κ1) is 29.4. The Bertz CT molecular complexity index is 1200. The van der Waals surface area contributed by atoms with Crippen molar-refractivity contribution in [3.63, 3.8) is 0 Å². The van der Waals surface area contributed by atoms with Gasteiger partial charge in [-0.25, -0.2) is 4.68 Å². The number of fused-ring (bicyclic) bond motifs is 4. The van der Waals surface area contributed by atoms with Crippen molar-refractivity contribution in [1.82, 2.24) is 35.0 Å². The Morgan fingerprint density at radius 2 is 1.67 bits per heavy atom. The summed E-state index contributed by atoms with van der Waals surface area (Å²) < 4.78 is 7.51. The maximum atomic E-state index is 14.4. The highest BCUT2D eigenvalue weighted by Crippen LogP contribution is 2.34. The Morgan fingerprint density at radius 1 is 0.929 bits per heavy atom. The predicted molar refractivity (Wildman–Crippen MR) is 147 cm³/mol. The van der Waals surface area contributed by atoms with Crippen molar-refractivity contribution in [2.75, 3.05) is 32.7 Å². The highest BCUT2D eigenvalue weighted by atomic mass is 16.5. The van der Waals surface area contributed by atoms with Gasteiger partial charge in [0.25, 0.3) is 5.91 Å². The van der Waals surface area contributed by atoms with Crippen molar-refractivity contribution < 1.29 is 34.4 Å². The number of rotatable bonds is 2. The van der Waals surface area contributed by atoms with Gasteiger partial charge in [0.05, 0.1) is 11.7 Å². The SMILES string of the molecule is CC(C)(C)c1cn([C@@H]2CCN3C(=O)[C@@H]4CN(C5CCCC5)CCN4C(=O)[C@H]4O[C@@H](CNC(=O)[C@H]23)[C@H](O)[C@@H](O)[C@H]4O)nn1. The van der Waals surface area contributed by atoms with Crippen LogP contribution in [0, 0.1) is 0 Å². The zero-order valence-corrected chi connectivity index (χ0v) is 24.5. The lowest BCUT2D eigenvalue weighted by molar-refractivity contribution is -0.225. The molecule has 8 atom stereocenters. The van der Waals surface area contributed by atoms with Gasteiger partial charge in [0.15, 0.2) is 6.10 Å². The molecule has 0 unspecified atom stereocenters. The maximum absolute atomic E-state index is 14.4. The van der Waals surface area contributed by atoms with Crippen molar-refractivity contribution in [3.8, 4) is 0 Å². The second-order valence-electron chi connectivity index (χ2n) is 13.5. The van der Waals surface area contributed by atoms with Gasteiger partial charge >= 0.3 is 0 Å². The average molecular weight is 590 g/mol. The topological polar surface area (TPSA) is 174 Å². The molecule has 0 radical (unpaired) electrons. The Labute approximate surface area is 244 Å². The summed E-state index contributed by atoms with van der Waals surface area (Å²) in [5, 5.41) is 43.5. The van der Waals surface area contributed by atoms with Crippen molar-refractivity contribution in [3.05, 3.63) is 11.9 Å². The molecule has 4 N–H and O–H groups in total. The van der Waals surface area contributed by atoms with Crippen molar-refractivity contribution >= 4 is 17.7 Å². The van der Waals surface area contributed by atoms with Gasteiger partial charge in [-0.1, -0.05) is 38.8 Å². The number of nitrogens with zero attached hydrogens (tertiary/aromatic N) is 6. The second-order valence-corrected chi connectivity index (χ2v) is 13.5. The van der Waals surface area contributed by atoms with Gasteiger partial charge in [-0.15, -0.1) is 5.10 Å². The highest BCUT2D eigenvalue weighted by molar-refractivity contribution is 5.94. The van der Waals surface area contributed by atoms with E-state index in [0.29, 0.717) is 32.1 Å². The Hall–Kier alpha value is -2.65. The zero-order valence-electron chi connectivity index (χ0n) is 24.5. The van der Waals surface area contributed by atoms with E-state index in [0.717, 1.165) is 31.4 Å². The summed E-state index contributed by atoms with van der Waals surface area (Å²) in [5.74, 6) is -1.39. The molecular formula is C28H43N7O7. The van der Waals surface area contributed by atoms with Crippen LogP contribution in [0.3, 0.4) is 0 Å². The molecule has 0 aromatic carbocycles. The monoisotopic (exact) mass is 589 g/mol. The standard InChI is InChI=1S/C28H43N7O7/c1-28(2,3)19-14-35(31-30-19)16-8-9-34-20(16)25(39)29-12-18-21(36)22(37)23(38)24(42-18)27(41)33-11-10-32(13-17(33)26(34)40)15-6-4-5-7-15/h14-18,20-24,36-38H,4-13H2,1-3H3,(H,29,39)/t16-,17+,18+,20+,21+,22-,23-,24+/m1/s1. The van der Waals surface area contributed by atoms with Crippen LogP contribution < -0.4 is 5.32 Å². The molecule has 5 heterocycles. The third kappa shape index (κ3) is 5.10. The number of hydrogen-bond donors (Lipinski definition) is 4. The molecule has 1 aromatic heterocycles. The number of hydrogen-bond acceptors (Lipinski definition) is 10. The van der Waals surface area contributed by atoms with Crippen LogP contribution in [0.5, 0.6) is 0 Å². The molecule has 0 spiro atoms. The molecule has 5 fully saturated rings. The minimum atomic E-state index is -1.68. The number of carbonyl (C=O) groups excluding carboxylic acids is 3. The number of piperazine rings is 1. The number of aliphatic hydroxyl groups excluding tert-OH is 3. The minimum Gasteiger partial charge on any atom is -0.388 e. The third-order valence-corrected chi connectivity index (χ3v) is 9.79. The lowest BCUT2D eigenvalue weighted by Gasteiger charge is -2.48. The average Bonchev–Trinajstić information content (AvgIpc) is 3.74. The summed E-state index contributed by atoms with van der Waals surface area (Å²) in [6.45, 7) is 7.25. The molecule has 3 amide bonds. The fourth-order valence-electron chi connectivity index (χ4n) is 7.26. The van der Waals surface area contributed by atoms with Crippen molar-refractivity contribution in [2.24, 2.45) is 0 Å². The van der Waals surface area contributed by atoms with Crippen LogP contribution in [0.1, 0.15) is 64.6 Å². The van der Waals surface area contributed by atoms with Gasteiger partial charge in [0, 0.05) is 50.4 Å². The molecule has 1 aliphatic carbocycles. The van der Waals surface area contributed by atoms with Crippen LogP contribution in [0.2, 0.25) is 0 Å². The molecule has 6 rings (SSSR count). The summed E-state index contributed by atoms with van der Waals surface area (Å²) in [6.07, 6.45) is -0.894. The molecule has 232 valence electrons. The summed E-state index contributed by atoms with van der Waals surface area (Å²) in [7, 11) is 0. The van der Waals surface area contributed by atoms with Crippen LogP contribution in [-0.4, -0.2) is 144 Å². The molecule has 4 saturated heterocycles. The summed E-state index contributed by atoms with van der Waals surface area (Å²) in [5.41, 5.74) is 0.499. The molecule has 42 heavy (non-hydrogen) atoms. The molecule has 5 aliphatic rings. The highest BCUT2D eigenvalue weighted by Gasteiger charge is 2.53. The minimum absolute atomic E-state index is 0.220. The molecule has 14 nitrogen and oxygen atoms in total. The number of carbonyl (C=O) groups is 3. The quantitative estimate of drug-likeness (QED) is 0.307. The van der Waals surface area contributed by atoms with E-state index in [9.17, 15) is 29.7 Å². The van der Waals surface area contributed by atoms with Gasteiger partial charge in [-0.05, 0) is 19.3 Å². The molecule has 1 saturated carbocycles. The molecule has 1 aromatic rings. The second kappa shape index (κ2) is 11.1. The van der Waals surface area contributed by atoms with E-state index in [2.05, 4.69) is 20.5 Å². The van der Waals surface area contributed by atoms with E-state index in [1.54, 1.807) is 9.58 Å². The summed E-state index contributed by atoms with van der Waals surface area (Å²) in [6, 6.07) is -2.00. The van der Waals surface area contributed by atoms with Crippen LogP contribution in [0.4, 0.5) is 0 Å². The lowest BCUT2D eigenvalue weighted by atomic mass is 9.92. The Morgan fingerprint density at radius 3 is 2.36 bits per heavy atom. The van der Waals surface area contributed by atoms with Gasteiger partial charge in [-0.3, -0.25) is 19.3 Å². The van der Waals surface area contributed by atoms with Gasteiger partial charge in [0.1, 0.15) is 36.5 Å². The van der Waals surface area contributed by atoms with Crippen LogP contribution >= 0.6 is 0 Å². The van der Waals surface area contributed by atoms with E-state index < -0.39 is 60.5 Å². The van der Waals surface area contributed by atoms with Crippen LogP contribution in [-0.2, 0) is 24.5 Å². The van der Waals surface area contributed by atoms with E-state index >= 15 is 0 Å². The van der Waals surface area contributed by atoms with Crippen molar-refractivity contribution in [2.45, 2.75) is 113 Å². The third-order valence-electron chi connectivity index (χ3n) is 9.79. The number of amides is 3. The maximum Gasteiger partial charge on any atom is 0.255 e. The molecule has 2 bridgehead atoms. The fraction of sp³-hybridized carbons (Fsp3) is 0.821. The first-order valence-electron chi connectivity index (χ1n) is 15.2. The zero-order chi connectivity index (χ0) is 29.9. The van der Waals surface area contributed by atoms with E-state index in [4.69, 9.17) is 4.74 Å². The normalized spacial score (nSPS) is 37.2. The number of nitrogens with one attached hydrogen (secondary N) is 1.